The van der Waals surface area contributed by atoms with Gasteiger partial charge in [-0.1, -0.05) is 6.07 Å². The van der Waals surface area contributed by atoms with E-state index in [-0.39, 0.29) is 0 Å². The van der Waals surface area contributed by atoms with E-state index >= 15 is 0 Å². The fourth-order valence-electron chi connectivity index (χ4n) is 3.14. The molecule has 1 aromatic heterocycles. The van der Waals surface area contributed by atoms with Gasteiger partial charge in [0.25, 0.3) is 0 Å². The van der Waals surface area contributed by atoms with Gasteiger partial charge in [-0.25, -0.2) is 0 Å². The molecule has 2 fully saturated rings. The average molecular weight is 245 g/mol. The SMILES string of the molecule is Cc1cccc(CN2CCNC(C)(C3CC3)C2)n1. The Morgan fingerprint density at radius 1 is 1.44 bits per heavy atom. The zero-order chi connectivity index (χ0) is 12.6. The van der Waals surface area contributed by atoms with Crippen LogP contribution < -0.4 is 5.32 Å². The molecular formula is C15H23N3. The molecule has 3 rings (SSSR count). The van der Waals surface area contributed by atoms with Crippen molar-refractivity contribution in [2.45, 2.75) is 38.8 Å². The van der Waals surface area contributed by atoms with E-state index in [0.29, 0.717) is 5.54 Å². The number of pyridine rings is 1. The Kier molecular flexibility index (Phi) is 3.12. The highest BCUT2D eigenvalue weighted by atomic mass is 15.2. The van der Waals surface area contributed by atoms with Crippen LogP contribution in [0.3, 0.4) is 0 Å². The minimum atomic E-state index is 0.335. The van der Waals surface area contributed by atoms with Gasteiger partial charge in [-0.3, -0.25) is 9.88 Å². The molecule has 1 saturated heterocycles. The Hall–Kier alpha value is -0.930. The van der Waals surface area contributed by atoms with Crippen LogP contribution >= 0.6 is 0 Å². The molecule has 2 heterocycles. The minimum Gasteiger partial charge on any atom is -0.309 e. The molecule has 0 bridgehead atoms. The lowest BCUT2D eigenvalue weighted by Crippen LogP contribution is -2.59. The maximum absolute atomic E-state index is 4.61. The van der Waals surface area contributed by atoms with Crippen molar-refractivity contribution < 1.29 is 0 Å². The number of piperazine rings is 1. The molecule has 18 heavy (non-hydrogen) atoms. The van der Waals surface area contributed by atoms with Crippen molar-refractivity contribution in [1.82, 2.24) is 15.2 Å². The first-order valence-corrected chi connectivity index (χ1v) is 7.06. The zero-order valence-corrected chi connectivity index (χ0v) is 11.4. The second-order valence-electron chi connectivity index (χ2n) is 6.10. The van der Waals surface area contributed by atoms with Gasteiger partial charge in [-0.05, 0) is 44.7 Å². The largest absolute Gasteiger partial charge is 0.309 e. The standard InChI is InChI=1S/C15H23N3/c1-12-4-3-5-14(17-12)10-18-9-8-16-15(2,11-18)13-6-7-13/h3-5,13,16H,6-11H2,1-2H3. The minimum absolute atomic E-state index is 0.335. The highest BCUT2D eigenvalue weighted by Crippen LogP contribution is 2.40. The fraction of sp³-hybridized carbons (Fsp3) is 0.667. The van der Waals surface area contributed by atoms with E-state index in [9.17, 15) is 0 Å². The lowest BCUT2D eigenvalue weighted by Gasteiger charge is -2.42. The van der Waals surface area contributed by atoms with Crippen LogP contribution in [0.1, 0.15) is 31.2 Å². The van der Waals surface area contributed by atoms with Crippen LogP contribution in [0.5, 0.6) is 0 Å². The van der Waals surface area contributed by atoms with Gasteiger partial charge in [0.15, 0.2) is 0 Å². The smallest absolute Gasteiger partial charge is 0.0547 e. The molecule has 1 aliphatic heterocycles. The van der Waals surface area contributed by atoms with Crippen LogP contribution in [0.4, 0.5) is 0 Å². The Morgan fingerprint density at radius 3 is 3.00 bits per heavy atom. The second-order valence-corrected chi connectivity index (χ2v) is 6.10. The molecule has 1 N–H and O–H groups in total. The quantitative estimate of drug-likeness (QED) is 0.882. The van der Waals surface area contributed by atoms with Gasteiger partial charge in [0, 0.05) is 37.4 Å². The van der Waals surface area contributed by atoms with Crippen molar-refractivity contribution in [1.29, 1.82) is 0 Å². The molecule has 0 radical (unpaired) electrons. The van der Waals surface area contributed by atoms with Crippen LogP contribution in [-0.2, 0) is 6.54 Å². The number of aromatic nitrogens is 1. The number of rotatable bonds is 3. The Morgan fingerprint density at radius 2 is 2.28 bits per heavy atom. The molecule has 1 aliphatic carbocycles. The number of nitrogens with zero attached hydrogens (tertiary/aromatic N) is 2. The number of nitrogens with one attached hydrogen (secondary N) is 1. The van der Waals surface area contributed by atoms with Crippen LogP contribution in [0.2, 0.25) is 0 Å². The summed E-state index contributed by atoms with van der Waals surface area (Å²) < 4.78 is 0. The molecule has 98 valence electrons. The van der Waals surface area contributed by atoms with Gasteiger partial charge in [0.05, 0.1) is 5.69 Å². The summed E-state index contributed by atoms with van der Waals surface area (Å²) in [5, 5.41) is 3.72. The van der Waals surface area contributed by atoms with Gasteiger partial charge in [0.1, 0.15) is 0 Å². The predicted octanol–water partition coefficient (Wildman–Crippen LogP) is 1.96. The van der Waals surface area contributed by atoms with Crippen LogP contribution in [0.25, 0.3) is 0 Å². The molecule has 1 aromatic rings. The van der Waals surface area contributed by atoms with Crippen LogP contribution in [0, 0.1) is 12.8 Å². The van der Waals surface area contributed by atoms with Crippen molar-refractivity contribution in [3.05, 3.63) is 29.6 Å². The highest BCUT2D eigenvalue weighted by Gasteiger charge is 2.43. The van der Waals surface area contributed by atoms with E-state index in [1.807, 2.05) is 0 Å². The van der Waals surface area contributed by atoms with E-state index < -0.39 is 0 Å². The molecule has 1 unspecified atom stereocenters. The summed E-state index contributed by atoms with van der Waals surface area (Å²) in [7, 11) is 0. The van der Waals surface area contributed by atoms with Crippen molar-refractivity contribution in [2.75, 3.05) is 19.6 Å². The first-order chi connectivity index (χ1) is 8.66. The molecular weight excluding hydrogens is 222 g/mol. The van der Waals surface area contributed by atoms with E-state index in [1.165, 1.54) is 18.5 Å². The Bertz CT molecular complexity index is 428. The summed E-state index contributed by atoms with van der Waals surface area (Å²) in [6, 6.07) is 6.32. The highest BCUT2D eigenvalue weighted by molar-refractivity contribution is 5.10. The molecule has 1 atom stereocenters. The Labute approximate surface area is 110 Å². The zero-order valence-electron chi connectivity index (χ0n) is 11.4. The van der Waals surface area contributed by atoms with E-state index in [0.717, 1.165) is 37.8 Å². The van der Waals surface area contributed by atoms with Gasteiger partial charge >= 0.3 is 0 Å². The normalized spacial score (nSPS) is 29.4. The van der Waals surface area contributed by atoms with Crippen molar-refractivity contribution in [3.8, 4) is 0 Å². The fourth-order valence-corrected chi connectivity index (χ4v) is 3.14. The molecule has 1 saturated carbocycles. The third-order valence-corrected chi connectivity index (χ3v) is 4.32. The second kappa shape index (κ2) is 4.63. The third-order valence-electron chi connectivity index (χ3n) is 4.32. The molecule has 3 nitrogen and oxygen atoms in total. The number of hydrogen-bond acceptors (Lipinski definition) is 3. The van der Waals surface area contributed by atoms with Gasteiger partial charge in [-0.2, -0.15) is 0 Å². The summed E-state index contributed by atoms with van der Waals surface area (Å²) in [6.07, 6.45) is 2.81. The summed E-state index contributed by atoms with van der Waals surface area (Å²) in [4.78, 5) is 7.17. The van der Waals surface area contributed by atoms with E-state index in [2.05, 4.69) is 47.2 Å². The topological polar surface area (TPSA) is 28.2 Å². The first kappa shape index (κ1) is 12.1. The van der Waals surface area contributed by atoms with Crippen LogP contribution in [-0.4, -0.2) is 35.1 Å². The molecule has 0 amide bonds. The summed E-state index contributed by atoms with van der Waals surface area (Å²) in [5.41, 5.74) is 2.66. The maximum Gasteiger partial charge on any atom is 0.0547 e. The molecule has 0 aromatic carbocycles. The lowest BCUT2D eigenvalue weighted by molar-refractivity contribution is 0.120. The summed E-state index contributed by atoms with van der Waals surface area (Å²) in [5.74, 6) is 0.894. The lowest BCUT2D eigenvalue weighted by atomic mass is 9.93. The average Bonchev–Trinajstić information content (AvgIpc) is 3.13. The number of hydrogen-bond donors (Lipinski definition) is 1. The predicted molar refractivity (Wildman–Crippen MR) is 73.4 cm³/mol. The van der Waals surface area contributed by atoms with Gasteiger partial charge in [0.2, 0.25) is 0 Å². The maximum atomic E-state index is 4.61. The Balaban J connectivity index is 1.66. The van der Waals surface area contributed by atoms with Crippen molar-refractivity contribution in [2.24, 2.45) is 5.92 Å². The summed E-state index contributed by atoms with van der Waals surface area (Å²) >= 11 is 0. The monoisotopic (exact) mass is 245 g/mol. The van der Waals surface area contributed by atoms with Crippen molar-refractivity contribution in [3.63, 3.8) is 0 Å². The van der Waals surface area contributed by atoms with Gasteiger partial charge in [-0.15, -0.1) is 0 Å². The van der Waals surface area contributed by atoms with Crippen LogP contribution in [0.15, 0.2) is 18.2 Å². The summed E-state index contributed by atoms with van der Waals surface area (Å²) in [6.45, 7) is 8.85. The molecule has 0 spiro atoms. The van der Waals surface area contributed by atoms with Crippen molar-refractivity contribution >= 4 is 0 Å². The number of aryl methyl sites for hydroxylation is 1. The third kappa shape index (κ3) is 2.57. The van der Waals surface area contributed by atoms with E-state index in [4.69, 9.17) is 0 Å². The van der Waals surface area contributed by atoms with Gasteiger partial charge < -0.3 is 5.32 Å². The first-order valence-electron chi connectivity index (χ1n) is 7.06. The molecule has 2 aliphatic rings. The molecule has 3 heteroatoms. The van der Waals surface area contributed by atoms with E-state index in [1.54, 1.807) is 0 Å².